The molecule has 1 aliphatic rings. The average Bonchev–Trinajstić information content (AvgIpc) is 2.87. The normalized spacial score (nSPS) is 18.7. The summed E-state index contributed by atoms with van der Waals surface area (Å²) in [5, 5.41) is 9.07. The summed E-state index contributed by atoms with van der Waals surface area (Å²) in [4.78, 5) is 28.7. The number of pyridine rings is 1. The van der Waals surface area contributed by atoms with Gasteiger partial charge < -0.3 is 14.7 Å². The Morgan fingerprint density at radius 3 is 3.00 bits per heavy atom. The van der Waals surface area contributed by atoms with Gasteiger partial charge in [0, 0.05) is 12.7 Å². The van der Waals surface area contributed by atoms with E-state index in [1.165, 1.54) is 18.2 Å². The van der Waals surface area contributed by atoms with E-state index in [2.05, 4.69) is 4.98 Å². The first-order valence-electron chi connectivity index (χ1n) is 5.68. The Hall–Kier alpha value is -2.11. The molecule has 1 unspecified atom stereocenters. The molecule has 0 aromatic carbocycles. The van der Waals surface area contributed by atoms with Crippen LogP contribution in [0.15, 0.2) is 18.3 Å². The van der Waals surface area contributed by atoms with E-state index in [4.69, 9.17) is 9.84 Å². The fraction of sp³-hybridized carbons (Fsp3) is 0.417. The van der Waals surface area contributed by atoms with Gasteiger partial charge in [-0.2, -0.15) is 0 Å². The molecule has 1 N–H and O–H groups in total. The number of nitrogens with zero attached hydrogens (tertiary/aromatic N) is 2. The lowest BCUT2D eigenvalue weighted by atomic mass is 10.2. The summed E-state index contributed by atoms with van der Waals surface area (Å²) < 4.78 is 5.02. The third kappa shape index (κ3) is 2.13. The molecular formula is C12H14N2O4. The minimum atomic E-state index is -0.969. The Morgan fingerprint density at radius 1 is 1.56 bits per heavy atom. The highest BCUT2D eigenvalue weighted by atomic mass is 16.5. The van der Waals surface area contributed by atoms with Crippen molar-refractivity contribution in [3.63, 3.8) is 0 Å². The lowest BCUT2D eigenvalue weighted by Gasteiger charge is -2.21. The van der Waals surface area contributed by atoms with Gasteiger partial charge in [-0.1, -0.05) is 0 Å². The minimum absolute atomic E-state index is 0.221. The Balaban J connectivity index is 2.28. The predicted molar refractivity (Wildman–Crippen MR) is 62.5 cm³/mol. The second-order valence-electron chi connectivity index (χ2n) is 4.06. The number of carbonyl (C=O) groups is 2. The van der Waals surface area contributed by atoms with E-state index in [9.17, 15) is 9.59 Å². The summed E-state index contributed by atoms with van der Waals surface area (Å²) in [6.07, 6.45) is 2.71. The zero-order chi connectivity index (χ0) is 13.1. The van der Waals surface area contributed by atoms with Gasteiger partial charge in [0.25, 0.3) is 5.91 Å². The first-order chi connectivity index (χ1) is 8.65. The molecule has 2 heterocycles. The number of hydrogen-bond acceptors (Lipinski definition) is 4. The maximum atomic E-state index is 12.3. The van der Waals surface area contributed by atoms with Crippen LogP contribution in [-0.2, 0) is 4.79 Å². The molecule has 0 spiro atoms. The summed E-state index contributed by atoms with van der Waals surface area (Å²) in [7, 11) is 1.43. The SMILES string of the molecule is COc1ncccc1C(=O)N1CCCC1C(=O)O. The number of carbonyl (C=O) groups excluding carboxylic acids is 1. The van der Waals surface area contributed by atoms with Crippen molar-refractivity contribution in [2.75, 3.05) is 13.7 Å². The van der Waals surface area contributed by atoms with Gasteiger partial charge in [0.15, 0.2) is 0 Å². The van der Waals surface area contributed by atoms with Crippen molar-refractivity contribution in [2.45, 2.75) is 18.9 Å². The van der Waals surface area contributed by atoms with Gasteiger partial charge in [-0.25, -0.2) is 9.78 Å². The van der Waals surface area contributed by atoms with Gasteiger partial charge in [-0.05, 0) is 25.0 Å². The van der Waals surface area contributed by atoms with Crippen LogP contribution in [0.4, 0.5) is 0 Å². The van der Waals surface area contributed by atoms with E-state index in [1.807, 2.05) is 0 Å². The predicted octanol–water partition coefficient (Wildman–Crippen LogP) is 0.779. The lowest BCUT2D eigenvalue weighted by Crippen LogP contribution is -2.40. The molecule has 1 amide bonds. The van der Waals surface area contributed by atoms with Gasteiger partial charge in [-0.3, -0.25) is 4.79 Å². The molecule has 18 heavy (non-hydrogen) atoms. The Morgan fingerprint density at radius 2 is 2.33 bits per heavy atom. The Labute approximate surface area is 104 Å². The van der Waals surface area contributed by atoms with Crippen molar-refractivity contribution < 1.29 is 19.4 Å². The summed E-state index contributed by atoms with van der Waals surface area (Å²) in [5.41, 5.74) is 0.299. The molecule has 0 aliphatic carbocycles. The largest absolute Gasteiger partial charge is 0.480 e. The monoisotopic (exact) mass is 250 g/mol. The van der Waals surface area contributed by atoms with Crippen molar-refractivity contribution in [3.8, 4) is 5.88 Å². The summed E-state index contributed by atoms with van der Waals surface area (Å²) in [5.74, 6) is -1.09. The summed E-state index contributed by atoms with van der Waals surface area (Å²) in [6.45, 7) is 0.452. The van der Waals surface area contributed by atoms with Crippen LogP contribution in [0, 0.1) is 0 Å². The van der Waals surface area contributed by atoms with Crippen molar-refractivity contribution in [1.29, 1.82) is 0 Å². The first-order valence-corrected chi connectivity index (χ1v) is 5.68. The number of methoxy groups -OCH3 is 1. The molecule has 1 atom stereocenters. The molecule has 1 saturated heterocycles. The number of amides is 1. The van der Waals surface area contributed by atoms with E-state index in [0.29, 0.717) is 24.9 Å². The Bertz CT molecular complexity index is 475. The number of ether oxygens (including phenoxy) is 1. The quantitative estimate of drug-likeness (QED) is 0.857. The minimum Gasteiger partial charge on any atom is -0.480 e. The molecular weight excluding hydrogens is 236 g/mol. The molecule has 0 bridgehead atoms. The van der Waals surface area contributed by atoms with Crippen LogP contribution >= 0.6 is 0 Å². The average molecular weight is 250 g/mol. The van der Waals surface area contributed by atoms with Crippen LogP contribution in [0.1, 0.15) is 23.2 Å². The van der Waals surface area contributed by atoms with Crippen LogP contribution in [-0.4, -0.2) is 46.6 Å². The molecule has 1 aliphatic heterocycles. The molecule has 96 valence electrons. The van der Waals surface area contributed by atoms with Crippen molar-refractivity contribution in [2.24, 2.45) is 0 Å². The third-order valence-corrected chi connectivity index (χ3v) is 2.99. The van der Waals surface area contributed by atoms with E-state index in [-0.39, 0.29) is 11.8 Å². The number of carboxylic acid groups (broad SMARTS) is 1. The smallest absolute Gasteiger partial charge is 0.326 e. The van der Waals surface area contributed by atoms with Crippen LogP contribution in [0.3, 0.4) is 0 Å². The van der Waals surface area contributed by atoms with Crippen molar-refractivity contribution in [1.82, 2.24) is 9.88 Å². The van der Waals surface area contributed by atoms with Gasteiger partial charge in [0.1, 0.15) is 11.6 Å². The van der Waals surface area contributed by atoms with E-state index in [1.54, 1.807) is 12.1 Å². The van der Waals surface area contributed by atoms with Crippen LogP contribution < -0.4 is 4.74 Å². The molecule has 2 rings (SSSR count). The van der Waals surface area contributed by atoms with Crippen LogP contribution in [0.5, 0.6) is 5.88 Å². The third-order valence-electron chi connectivity index (χ3n) is 2.99. The zero-order valence-corrected chi connectivity index (χ0v) is 10.00. The molecule has 1 aromatic heterocycles. The van der Waals surface area contributed by atoms with E-state index >= 15 is 0 Å². The molecule has 6 heteroatoms. The fourth-order valence-corrected chi connectivity index (χ4v) is 2.14. The maximum Gasteiger partial charge on any atom is 0.326 e. The molecule has 0 radical (unpaired) electrons. The standard InChI is InChI=1S/C12H14N2O4/c1-18-10-8(4-2-6-13-10)11(15)14-7-3-5-9(14)12(16)17/h2,4,6,9H,3,5,7H2,1H3,(H,16,17). The number of aliphatic carboxylic acids is 1. The van der Waals surface area contributed by atoms with E-state index < -0.39 is 12.0 Å². The highest BCUT2D eigenvalue weighted by Crippen LogP contribution is 2.23. The second kappa shape index (κ2) is 5.03. The highest BCUT2D eigenvalue weighted by Gasteiger charge is 2.35. The number of likely N-dealkylation sites (tertiary alicyclic amines) is 1. The van der Waals surface area contributed by atoms with Crippen molar-refractivity contribution in [3.05, 3.63) is 23.9 Å². The lowest BCUT2D eigenvalue weighted by molar-refractivity contribution is -0.141. The van der Waals surface area contributed by atoms with Gasteiger partial charge in [-0.15, -0.1) is 0 Å². The van der Waals surface area contributed by atoms with Gasteiger partial charge >= 0.3 is 5.97 Å². The Kier molecular flexibility index (Phi) is 3.45. The molecule has 6 nitrogen and oxygen atoms in total. The van der Waals surface area contributed by atoms with Crippen LogP contribution in [0.25, 0.3) is 0 Å². The molecule has 0 saturated carbocycles. The number of rotatable bonds is 3. The van der Waals surface area contributed by atoms with E-state index in [0.717, 1.165) is 0 Å². The van der Waals surface area contributed by atoms with Crippen molar-refractivity contribution >= 4 is 11.9 Å². The first kappa shape index (κ1) is 12.3. The fourth-order valence-electron chi connectivity index (χ4n) is 2.14. The number of carboxylic acids is 1. The number of hydrogen-bond donors (Lipinski definition) is 1. The van der Waals surface area contributed by atoms with Gasteiger partial charge in [0.05, 0.1) is 7.11 Å². The van der Waals surface area contributed by atoms with Crippen LogP contribution in [0.2, 0.25) is 0 Å². The topological polar surface area (TPSA) is 79.7 Å². The summed E-state index contributed by atoms with van der Waals surface area (Å²) in [6, 6.07) is 2.47. The molecule has 1 aromatic rings. The zero-order valence-electron chi connectivity index (χ0n) is 10.00. The highest BCUT2D eigenvalue weighted by molar-refractivity contribution is 5.98. The second-order valence-corrected chi connectivity index (χ2v) is 4.06. The summed E-state index contributed by atoms with van der Waals surface area (Å²) >= 11 is 0. The number of aromatic nitrogens is 1. The van der Waals surface area contributed by atoms with Gasteiger partial charge in [0.2, 0.25) is 5.88 Å². The maximum absolute atomic E-state index is 12.3. The molecule has 1 fully saturated rings.